The molecule has 2 amide bonds. The molecule has 0 heterocycles. The van der Waals surface area contributed by atoms with Crippen molar-refractivity contribution in [3.8, 4) is 0 Å². The lowest BCUT2D eigenvalue weighted by molar-refractivity contribution is -0.152. The predicted molar refractivity (Wildman–Crippen MR) is 173 cm³/mol. The van der Waals surface area contributed by atoms with E-state index in [-0.39, 0.29) is 31.9 Å². The van der Waals surface area contributed by atoms with E-state index in [0.717, 1.165) is 44.3 Å². The minimum absolute atomic E-state index is 0.0990. The maximum Gasteiger partial charge on any atom is 0.309 e. The Hall–Kier alpha value is -2.84. The van der Waals surface area contributed by atoms with Crippen LogP contribution >= 0.6 is 11.8 Å². The predicted octanol–water partition coefficient (Wildman–Crippen LogP) is 5.99. The average molecular weight is 589 g/mol. The molecule has 0 bridgehead atoms. The molecule has 0 aliphatic carbocycles. The average Bonchev–Trinajstić information content (AvgIpc) is 2.95. The second kappa shape index (κ2) is 26.1. The second-order valence-corrected chi connectivity index (χ2v) is 11.0. The standard InChI is InChI=1S/C33H52N2O5S/c1-5-6-7-8-9-10-11-12-13-14-15-16-17-18-19-20-21-22-23-30(37)40-28-33(2,3)31(38)32(39)35-25-24-29(36)34-26-27-41-4/h6-7,9-10,12-13,15-16,18-19,21-22,31,38H,5,8,11,14,17,20,23-28H2,1-4H3,(H,34,36)(H,35,39)/b7-6-,10-9-,13-12-,16-15-,19-18-,22-21-/t31-/m0/s1. The molecular weight excluding hydrogens is 536 g/mol. The van der Waals surface area contributed by atoms with E-state index in [2.05, 4.69) is 72.2 Å². The van der Waals surface area contributed by atoms with Crippen molar-refractivity contribution < 1.29 is 24.2 Å². The molecule has 1 atom stereocenters. The van der Waals surface area contributed by atoms with E-state index in [9.17, 15) is 19.5 Å². The van der Waals surface area contributed by atoms with Gasteiger partial charge in [-0.2, -0.15) is 11.8 Å². The maximum atomic E-state index is 12.3. The van der Waals surface area contributed by atoms with Gasteiger partial charge in [-0.3, -0.25) is 14.4 Å². The lowest BCUT2D eigenvalue weighted by Crippen LogP contribution is -2.47. The van der Waals surface area contributed by atoms with E-state index in [1.807, 2.05) is 18.4 Å². The highest BCUT2D eigenvalue weighted by Gasteiger charge is 2.34. The molecule has 7 nitrogen and oxygen atoms in total. The number of amides is 2. The van der Waals surface area contributed by atoms with E-state index in [1.54, 1.807) is 31.7 Å². The van der Waals surface area contributed by atoms with Gasteiger partial charge in [-0.25, -0.2) is 0 Å². The van der Waals surface area contributed by atoms with Crippen molar-refractivity contribution in [1.29, 1.82) is 0 Å². The molecule has 0 aliphatic rings. The van der Waals surface area contributed by atoms with Crippen molar-refractivity contribution in [2.24, 2.45) is 5.41 Å². The van der Waals surface area contributed by atoms with Gasteiger partial charge in [0.1, 0.15) is 6.10 Å². The number of thioether (sulfide) groups is 1. The Morgan fingerprint density at radius 3 is 1.76 bits per heavy atom. The third-order valence-corrected chi connectivity index (χ3v) is 6.37. The zero-order valence-corrected chi connectivity index (χ0v) is 26.3. The molecule has 41 heavy (non-hydrogen) atoms. The number of hydrogen-bond acceptors (Lipinski definition) is 6. The molecule has 0 radical (unpaired) electrons. The summed E-state index contributed by atoms with van der Waals surface area (Å²) in [6.45, 7) is 6.04. The SMILES string of the molecule is CC/C=C\C/C=C\C/C=C\C/C=C\C/C=C\C/C=C\CC(=O)OCC(C)(C)[C@@H](O)C(=O)NCCC(=O)NCCSC. The zero-order valence-electron chi connectivity index (χ0n) is 25.5. The Labute approximate surface area is 252 Å². The molecule has 230 valence electrons. The summed E-state index contributed by atoms with van der Waals surface area (Å²) in [6.07, 6.45) is 31.6. The number of carbonyl (C=O) groups excluding carboxylic acids is 3. The van der Waals surface area contributed by atoms with Gasteiger partial charge in [0.25, 0.3) is 0 Å². The van der Waals surface area contributed by atoms with Crippen molar-refractivity contribution in [1.82, 2.24) is 10.6 Å². The molecule has 3 N–H and O–H groups in total. The molecule has 0 rings (SSSR count). The highest BCUT2D eigenvalue weighted by Crippen LogP contribution is 2.21. The van der Waals surface area contributed by atoms with Crippen LogP contribution < -0.4 is 10.6 Å². The quantitative estimate of drug-likeness (QED) is 0.0770. The summed E-state index contributed by atoms with van der Waals surface area (Å²) >= 11 is 1.63. The number of allylic oxidation sites excluding steroid dienone is 11. The van der Waals surface area contributed by atoms with Crippen LogP contribution in [-0.4, -0.2) is 60.7 Å². The van der Waals surface area contributed by atoms with Gasteiger partial charge >= 0.3 is 5.97 Å². The van der Waals surface area contributed by atoms with E-state index in [4.69, 9.17) is 4.74 Å². The molecule has 0 unspecified atom stereocenters. The van der Waals surface area contributed by atoms with Crippen LogP contribution in [0.15, 0.2) is 72.9 Å². The fraction of sp³-hybridized carbons (Fsp3) is 0.545. The Morgan fingerprint density at radius 2 is 1.27 bits per heavy atom. The fourth-order valence-electron chi connectivity index (χ4n) is 3.24. The monoisotopic (exact) mass is 588 g/mol. The lowest BCUT2D eigenvalue weighted by atomic mass is 9.87. The minimum Gasteiger partial charge on any atom is -0.465 e. The van der Waals surface area contributed by atoms with Gasteiger partial charge in [-0.15, -0.1) is 0 Å². The molecule has 0 aromatic carbocycles. The van der Waals surface area contributed by atoms with Crippen LogP contribution in [0.25, 0.3) is 0 Å². The smallest absolute Gasteiger partial charge is 0.309 e. The van der Waals surface area contributed by atoms with Crippen LogP contribution in [0, 0.1) is 5.41 Å². The van der Waals surface area contributed by atoms with E-state index in [1.165, 1.54) is 0 Å². The molecule has 0 aliphatic heterocycles. The number of aliphatic hydroxyl groups is 1. The first-order valence-electron chi connectivity index (χ1n) is 14.5. The summed E-state index contributed by atoms with van der Waals surface area (Å²) in [6, 6.07) is 0. The summed E-state index contributed by atoms with van der Waals surface area (Å²) in [4.78, 5) is 36.0. The third kappa shape index (κ3) is 23.6. The zero-order chi connectivity index (χ0) is 30.6. The van der Waals surface area contributed by atoms with Crippen LogP contribution in [0.1, 0.15) is 72.1 Å². The fourth-order valence-corrected chi connectivity index (χ4v) is 3.54. The highest BCUT2D eigenvalue weighted by atomic mass is 32.2. The van der Waals surface area contributed by atoms with Crippen molar-refractivity contribution >= 4 is 29.5 Å². The number of nitrogens with one attached hydrogen (secondary N) is 2. The number of carbonyl (C=O) groups is 3. The first-order valence-corrected chi connectivity index (χ1v) is 15.9. The Kier molecular flexibility index (Phi) is 24.3. The van der Waals surface area contributed by atoms with Crippen LogP contribution in [0.3, 0.4) is 0 Å². The van der Waals surface area contributed by atoms with Crippen molar-refractivity contribution in [3.05, 3.63) is 72.9 Å². The Morgan fingerprint density at radius 1 is 0.780 bits per heavy atom. The van der Waals surface area contributed by atoms with Gasteiger partial charge in [0, 0.05) is 30.7 Å². The summed E-state index contributed by atoms with van der Waals surface area (Å²) in [5, 5.41) is 15.7. The van der Waals surface area contributed by atoms with Crippen LogP contribution in [0.2, 0.25) is 0 Å². The first kappa shape index (κ1) is 38.2. The molecule has 0 fully saturated rings. The van der Waals surface area contributed by atoms with Gasteiger partial charge < -0.3 is 20.5 Å². The van der Waals surface area contributed by atoms with Crippen molar-refractivity contribution in [2.75, 3.05) is 31.7 Å². The van der Waals surface area contributed by atoms with E-state index >= 15 is 0 Å². The number of aliphatic hydroxyl groups excluding tert-OH is 1. The van der Waals surface area contributed by atoms with Gasteiger partial charge in [-0.05, 0) is 44.8 Å². The Balaban J connectivity index is 4.04. The van der Waals surface area contributed by atoms with Crippen LogP contribution in [0.4, 0.5) is 0 Å². The summed E-state index contributed by atoms with van der Waals surface area (Å²) in [5.74, 6) is -0.354. The molecule has 0 aromatic heterocycles. The first-order chi connectivity index (χ1) is 19.7. The number of esters is 1. The maximum absolute atomic E-state index is 12.3. The molecule has 0 saturated carbocycles. The Bertz CT molecular complexity index is 903. The van der Waals surface area contributed by atoms with Gasteiger partial charge in [-0.1, -0.05) is 93.7 Å². The number of ether oxygens (including phenoxy) is 1. The van der Waals surface area contributed by atoms with Gasteiger partial charge in [0.2, 0.25) is 11.8 Å². The largest absolute Gasteiger partial charge is 0.465 e. The second-order valence-electron chi connectivity index (χ2n) is 10.1. The minimum atomic E-state index is -1.37. The van der Waals surface area contributed by atoms with Crippen molar-refractivity contribution in [2.45, 2.75) is 78.2 Å². The molecule has 8 heteroatoms. The van der Waals surface area contributed by atoms with Gasteiger partial charge in [0.15, 0.2) is 0 Å². The summed E-state index contributed by atoms with van der Waals surface area (Å²) < 4.78 is 5.27. The lowest BCUT2D eigenvalue weighted by Gasteiger charge is -2.28. The third-order valence-electron chi connectivity index (χ3n) is 5.75. The molecule has 0 aromatic rings. The summed E-state index contributed by atoms with van der Waals surface area (Å²) in [5.41, 5.74) is -0.973. The number of rotatable bonds is 23. The van der Waals surface area contributed by atoms with E-state index < -0.39 is 23.4 Å². The number of hydrogen-bond donors (Lipinski definition) is 3. The van der Waals surface area contributed by atoms with Gasteiger partial charge in [0.05, 0.1) is 13.0 Å². The molecular formula is C33H52N2O5S. The van der Waals surface area contributed by atoms with Crippen molar-refractivity contribution in [3.63, 3.8) is 0 Å². The highest BCUT2D eigenvalue weighted by molar-refractivity contribution is 7.98. The van der Waals surface area contributed by atoms with Crippen LogP contribution in [-0.2, 0) is 19.1 Å². The topological polar surface area (TPSA) is 105 Å². The molecule has 0 saturated heterocycles. The van der Waals surface area contributed by atoms with Crippen LogP contribution in [0.5, 0.6) is 0 Å². The molecule has 0 spiro atoms. The normalized spacial score (nSPS) is 13.4. The van der Waals surface area contributed by atoms with E-state index in [0.29, 0.717) is 6.54 Å². The summed E-state index contributed by atoms with van der Waals surface area (Å²) in [7, 11) is 0.